The second kappa shape index (κ2) is 18.1. The largest absolute Gasteiger partial charge is 0.381 e. The zero-order valence-corrected chi connectivity index (χ0v) is 18.2. The van der Waals surface area contributed by atoms with Crippen molar-refractivity contribution in [3.8, 4) is 0 Å². The van der Waals surface area contributed by atoms with Crippen molar-refractivity contribution in [1.82, 2.24) is 0 Å². The average Bonchev–Trinajstić information content (AvgIpc) is 2.52. The Morgan fingerprint density at radius 1 is 0.625 bits per heavy atom. The highest BCUT2D eigenvalue weighted by molar-refractivity contribution is 7.99. The van der Waals surface area contributed by atoms with Crippen LogP contribution in [0.5, 0.6) is 0 Å². The molecule has 0 rings (SSSR count). The summed E-state index contributed by atoms with van der Waals surface area (Å²) >= 11 is 2.09. The zero-order chi connectivity index (χ0) is 17.9. The molecule has 0 radical (unpaired) electrons. The van der Waals surface area contributed by atoms with E-state index in [2.05, 4.69) is 39.5 Å². The standard InChI is InChI=1S/C22H46OS/c1-5-24-21-17-15-13-11-9-7-6-8-10-12-14-16-19-23-20-18-22(2,3)4/h5-21H2,1-4H3. The van der Waals surface area contributed by atoms with Gasteiger partial charge < -0.3 is 4.74 Å². The van der Waals surface area contributed by atoms with Crippen LogP contribution in [0.25, 0.3) is 0 Å². The van der Waals surface area contributed by atoms with Gasteiger partial charge in [-0.2, -0.15) is 11.8 Å². The lowest BCUT2D eigenvalue weighted by Crippen LogP contribution is -2.09. The minimum atomic E-state index is 0.411. The van der Waals surface area contributed by atoms with E-state index in [-0.39, 0.29) is 0 Å². The summed E-state index contributed by atoms with van der Waals surface area (Å²) in [6, 6.07) is 0. The normalized spacial score (nSPS) is 12.0. The number of rotatable bonds is 18. The molecule has 0 aromatic heterocycles. The summed E-state index contributed by atoms with van der Waals surface area (Å²) in [6.07, 6.45) is 18.2. The summed E-state index contributed by atoms with van der Waals surface area (Å²) in [5, 5.41) is 0. The summed E-state index contributed by atoms with van der Waals surface area (Å²) < 4.78 is 5.72. The Labute approximate surface area is 158 Å². The Hall–Kier alpha value is 0.310. The van der Waals surface area contributed by atoms with Crippen molar-refractivity contribution in [3.05, 3.63) is 0 Å². The number of unbranched alkanes of at least 4 members (excludes halogenated alkanes) is 11. The van der Waals surface area contributed by atoms with Crippen molar-refractivity contribution in [2.24, 2.45) is 5.41 Å². The first-order chi connectivity index (χ1) is 11.6. The first kappa shape index (κ1) is 24.3. The summed E-state index contributed by atoms with van der Waals surface area (Å²) in [6.45, 7) is 11.0. The van der Waals surface area contributed by atoms with Crippen LogP contribution in [0.1, 0.15) is 111 Å². The first-order valence-corrected chi connectivity index (χ1v) is 11.9. The maximum absolute atomic E-state index is 5.72. The first-order valence-electron chi connectivity index (χ1n) is 10.7. The van der Waals surface area contributed by atoms with Gasteiger partial charge in [0.05, 0.1) is 0 Å². The summed E-state index contributed by atoms with van der Waals surface area (Å²) in [4.78, 5) is 0. The fourth-order valence-electron chi connectivity index (χ4n) is 2.80. The fourth-order valence-corrected chi connectivity index (χ4v) is 3.50. The third-order valence-electron chi connectivity index (χ3n) is 4.53. The molecule has 0 heterocycles. The molecule has 0 N–H and O–H groups in total. The highest BCUT2D eigenvalue weighted by Gasteiger charge is 2.08. The van der Waals surface area contributed by atoms with Crippen molar-refractivity contribution in [3.63, 3.8) is 0 Å². The molecule has 0 fully saturated rings. The van der Waals surface area contributed by atoms with Gasteiger partial charge in [-0.25, -0.2) is 0 Å². The molecule has 0 saturated heterocycles. The summed E-state index contributed by atoms with van der Waals surface area (Å²) in [7, 11) is 0. The summed E-state index contributed by atoms with van der Waals surface area (Å²) in [5.41, 5.74) is 0.411. The lowest BCUT2D eigenvalue weighted by Gasteiger charge is -2.17. The van der Waals surface area contributed by atoms with E-state index in [4.69, 9.17) is 4.74 Å². The Bertz CT molecular complexity index is 235. The van der Waals surface area contributed by atoms with Crippen molar-refractivity contribution in [2.75, 3.05) is 24.7 Å². The van der Waals surface area contributed by atoms with Crippen LogP contribution in [-0.4, -0.2) is 24.7 Å². The SMILES string of the molecule is CCSCCCCCCCCCCCCCCOCCC(C)(C)C. The molecule has 0 atom stereocenters. The highest BCUT2D eigenvalue weighted by atomic mass is 32.2. The van der Waals surface area contributed by atoms with Gasteiger partial charge in [0.1, 0.15) is 0 Å². The molecule has 0 aliphatic rings. The molecule has 0 aliphatic heterocycles. The quantitative estimate of drug-likeness (QED) is 0.230. The zero-order valence-electron chi connectivity index (χ0n) is 17.3. The lowest BCUT2D eigenvalue weighted by molar-refractivity contribution is 0.105. The second-order valence-corrected chi connectivity index (χ2v) is 9.76. The van der Waals surface area contributed by atoms with Gasteiger partial charge in [0.15, 0.2) is 0 Å². The van der Waals surface area contributed by atoms with Gasteiger partial charge in [-0.05, 0) is 36.2 Å². The lowest BCUT2D eigenvalue weighted by atomic mass is 9.93. The van der Waals surface area contributed by atoms with E-state index < -0.39 is 0 Å². The third-order valence-corrected chi connectivity index (χ3v) is 5.51. The van der Waals surface area contributed by atoms with Gasteiger partial charge in [-0.15, -0.1) is 0 Å². The van der Waals surface area contributed by atoms with Crippen molar-refractivity contribution in [1.29, 1.82) is 0 Å². The minimum absolute atomic E-state index is 0.411. The molecular weight excluding hydrogens is 312 g/mol. The molecule has 0 unspecified atom stereocenters. The van der Waals surface area contributed by atoms with Gasteiger partial charge in [-0.1, -0.05) is 91.9 Å². The maximum Gasteiger partial charge on any atom is 0.0471 e. The topological polar surface area (TPSA) is 9.23 Å². The molecule has 24 heavy (non-hydrogen) atoms. The van der Waals surface area contributed by atoms with Gasteiger partial charge in [-0.3, -0.25) is 0 Å². The van der Waals surface area contributed by atoms with Crippen LogP contribution in [0.4, 0.5) is 0 Å². The monoisotopic (exact) mass is 358 g/mol. The Morgan fingerprint density at radius 2 is 1.08 bits per heavy atom. The maximum atomic E-state index is 5.72. The molecule has 0 bridgehead atoms. The number of thioether (sulfide) groups is 1. The molecule has 0 aromatic rings. The number of ether oxygens (including phenoxy) is 1. The molecule has 0 aliphatic carbocycles. The van der Waals surface area contributed by atoms with Crippen molar-refractivity contribution in [2.45, 2.75) is 111 Å². The Balaban J connectivity index is 3.00. The van der Waals surface area contributed by atoms with E-state index in [0.717, 1.165) is 13.2 Å². The van der Waals surface area contributed by atoms with Gasteiger partial charge in [0.2, 0.25) is 0 Å². The highest BCUT2D eigenvalue weighted by Crippen LogP contribution is 2.18. The summed E-state index contributed by atoms with van der Waals surface area (Å²) in [5.74, 6) is 2.66. The van der Waals surface area contributed by atoms with Crippen LogP contribution < -0.4 is 0 Å². The minimum Gasteiger partial charge on any atom is -0.381 e. The van der Waals surface area contributed by atoms with Crippen LogP contribution >= 0.6 is 11.8 Å². The van der Waals surface area contributed by atoms with Gasteiger partial charge >= 0.3 is 0 Å². The Kier molecular flexibility index (Phi) is 18.3. The van der Waals surface area contributed by atoms with Crippen LogP contribution in [-0.2, 0) is 4.74 Å². The van der Waals surface area contributed by atoms with E-state index in [0.29, 0.717) is 5.41 Å². The van der Waals surface area contributed by atoms with Crippen LogP contribution in [0.15, 0.2) is 0 Å². The van der Waals surface area contributed by atoms with Gasteiger partial charge in [0.25, 0.3) is 0 Å². The van der Waals surface area contributed by atoms with Crippen LogP contribution in [0, 0.1) is 5.41 Å². The Morgan fingerprint density at radius 3 is 1.54 bits per heavy atom. The smallest absolute Gasteiger partial charge is 0.0471 e. The van der Waals surface area contributed by atoms with Crippen LogP contribution in [0.3, 0.4) is 0 Å². The van der Waals surface area contributed by atoms with E-state index in [9.17, 15) is 0 Å². The van der Waals surface area contributed by atoms with E-state index in [1.807, 2.05) is 0 Å². The van der Waals surface area contributed by atoms with Crippen molar-refractivity contribution >= 4 is 11.8 Å². The molecule has 2 heteroatoms. The van der Waals surface area contributed by atoms with E-state index in [1.165, 1.54) is 95.0 Å². The molecule has 0 aromatic carbocycles. The molecular formula is C22H46OS. The molecule has 0 spiro atoms. The van der Waals surface area contributed by atoms with E-state index in [1.54, 1.807) is 0 Å². The van der Waals surface area contributed by atoms with E-state index >= 15 is 0 Å². The number of hydrogen-bond donors (Lipinski definition) is 0. The number of hydrogen-bond acceptors (Lipinski definition) is 2. The predicted octanol–water partition coefficient (Wildman–Crippen LogP) is 7.87. The third kappa shape index (κ3) is 22.3. The van der Waals surface area contributed by atoms with Crippen molar-refractivity contribution < 1.29 is 4.74 Å². The molecule has 1 nitrogen and oxygen atoms in total. The van der Waals surface area contributed by atoms with Gasteiger partial charge in [0, 0.05) is 13.2 Å². The molecule has 0 amide bonds. The molecule has 146 valence electrons. The molecule has 0 saturated carbocycles. The average molecular weight is 359 g/mol. The van der Waals surface area contributed by atoms with Crippen LogP contribution in [0.2, 0.25) is 0 Å². The fraction of sp³-hybridized carbons (Fsp3) is 1.00. The second-order valence-electron chi connectivity index (χ2n) is 8.36. The predicted molar refractivity (Wildman–Crippen MR) is 113 cm³/mol.